The fraction of sp³-hybridized carbons (Fsp3) is 0.867. The van der Waals surface area contributed by atoms with Gasteiger partial charge in [0.05, 0.1) is 0 Å². The number of nitrogens with zero attached hydrogens (tertiary/aromatic N) is 24. The van der Waals surface area contributed by atoms with Crippen LogP contribution in [-0.2, 0) is 174 Å². The first-order valence-corrected chi connectivity index (χ1v) is 41.2. The van der Waals surface area contributed by atoms with Crippen LogP contribution in [0, 0.1) is 0 Å². The molecule has 0 rings (SSSR count). The zero-order valence-corrected chi connectivity index (χ0v) is 101. The second kappa shape index (κ2) is 196. The van der Waals surface area contributed by atoms with Gasteiger partial charge < -0.3 is 185 Å². The van der Waals surface area contributed by atoms with Crippen LogP contribution < -0.4 is 0 Å². The maximum Gasteiger partial charge on any atom is 6.00 e. The van der Waals surface area contributed by atoms with E-state index in [1.807, 2.05) is 96.9 Å². The van der Waals surface area contributed by atoms with Gasteiger partial charge in [0.15, 0.2) is 0 Å². The second-order valence-electron chi connectivity index (χ2n) is 28.0. The third-order valence-electron chi connectivity index (χ3n) is 13.7. The first-order valence-electron chi connectivity index (χ1n) is 41.2. The van der Waals surface area contributed by atoms with Crippen molar-refractivity contribution in [2.75, 3.05) is 111 Å². The minimum absolute atomic E-state index is 0. The molecular formula is C90H192N24O12Ru6. The van der Waals surface area contributed by atoms with Crippen molar-refractivity contribution in [1.29, 1.82) is 0 Å². The molecule has 14 atom stereocenters. The maximum absolute atomic E-state index is 7.75. The summed E-state index contributed by atoms with van der Waals surface area (Å²) in [6, 6.07) is 1.75. The topological polar surface area (TPSA) is 543 Å². The van der Waals surface area contributed by atoms with Gasteiger partial charge in [-0.1, -0.05) is 205 Å². The molecule has 0 aromatic rings. The molecule has 132 heavy (non-hydrogen) atoms. The van der Waals surface area contributed by atoms with Gasteiger partial charge in [0.2, 0.25) is 0 Å². The third-order valence-corrected chi connectivity index (χ3v) is 13.7. The van der Waals surface area contributed by atoms with E-state index < -0.39 is 0 Å². The normalized spacial score (nSPS) is 12.1. The van der Waals surface area contributed by atoms with Crippen molar-refractivity contribution in [1.82, 2.24) is 0 Å². The molecule has 0 saturated heterocycles. The van der Waals surface area contributed by atoms with E-state index in [0.717, 1.165) is 64.7 Å². The van der Waals surface area contributed by atoms with E-state index in [1.165, 1.54) is 0 Å². The van der Waals surface area contributed by atoms with E-state index in [-0.39, 0.29) is 213 Å². The monoisotopic (exact) mass is 2410 g/mol. The van der Waals surface area contributed by atoms with Crippen LogP contribution in [0.15, 0.2) is 0 Å². The van der Waals surface area contributed by atoms with E-state index in [1.54, 1.807) is 84.6 Å². The Kier molecular flexibility index (Phi) is 322. The Morgan fingerprint density at radius 1 is 0.205 bits per heavy atom. The molecule has 0 heterocycles. The van der Waals surface area contributed by atoms with Crippen molar-refractivity contribution < 1.29 is 174 Å². The molecule has 0 saturated carbocycles. The van der Waals surface area contributed by atoms with E-state index in [0.29, 0.717) is 24.2 Å². The molecule has 36 nitrogen and oxygen atoms in total. The zero-order valence-electron chi connectivity index (χ0n) is 91.0. The fourth-order valence-corrected chi connectivity index (χ4v) is 6.11. The molecule has 0 spiro atoms. The number of hydrogen-bond donors (Lipinski definition) is 0. The van der Waals surface area contributed by atoms with E-state index in [2.05, 4.69) is 361 Å². The average Bonchev–Trinajstić information content (AvgIpc) is 0.931. The Morgan fingerprint density at radius 3 is 0.439 bits per heavy atom. The number of rotatable bonds is 40. The minimum Gasteiger partial charge on any atom is -0.681 e. The predicted molar refractivity (Wildman–Crippen MR) is 556 cm³/mol. The van der Waals surface area contributed by atoms with E-state index in [4.69, 9.17) is 57.5 Å². The van der Waals surface area contributed by atoms with Gasteiger partial charge in [0.25, 0.3) is 0 Å². The summed E-state index contributed by atoms with van der Waals surface area (Å²) in [5.74, 6) is 0. The largest absolute Gasteiger partial charge is 6.00 e. The molecule has 0 aliphatic carbocycles. The summed E-state index contributed by atoms with van der Waals surface area (Å²) in [5, 5.41) is 99.2. The van der Waals surface area contributed by atoms with Crippen LogP contribution in [0.5, 0.6) is 0 Å². The van der Waals surface area contributed by atoms with Crippen molar-refractivity contribution in [3.8, 4) is 0 Å². The molecule has 0 aromatic carbocycles. The van der Waals surface area contributed by atoms with E-state index in [9.17, 15) is 0 Å². The van der Waals surface area contributed by atoms with Crippen LogP contribution in [0.2, 0.25) is 0 Å². The van der Waals surface area contributed by atoms with Crippen LogP contribution >= 0.6 is 0 Å². The van der Waals surface area contributed by atoms with Crippen LogP contribution in [0.1, 0.15) is 288 Å². The summed E-state index contributed by atoms with van der Waals surface area (Å²) in [7, 11) is 21.5. The number of hydrogen-bond acceptors (Lipinski definition) is 12. The second-order valence-corrected chi connectivity index (χ2v) is 28.0. The van der Waals surface area contributed by atoms with Gasteiger partial charge in [-0.2, -0.15) is 111 Å². The van der Waals surface area contributed by atoms with Gasteiger partial charge in [0.1, 0.15) is 0 Å². The molecule has 14 unspecified atom stereocenters. The Labute approximate surface area is 895 Å². The van der Waals surface area contributed by atoms with Crippen molar-refractivity contribution >= 4 is 81.5 Å². The van der Waals surface area contributed by atoms with Gasteiger partial charge >= 0.3 is 117 Å². The van der Waals surface area contributed by atoms with Gasteiger partial charge in [-0.25, -0.2) is 74.0 Å². The molecular weight excluding hydrogens is 2220 g/mol. The molecule has 0 fully saturated rings. The maximum atomic E-state index is 7.75. The van der Waals surface area contributed by atoms with Gasteiger partial charge in [-0.05, 0) is 0 Å². The Hall–Kier alpha value is -1.18. The van der Waals surface area contributed by atoms with Crippen molar-refractivity contribution in [3.05, 3.63) is 128 Å². The summed E-state index contributed by atoms with van der Waals surface area (Å²) in [6.45, 7) is 117. The van der Waals surface area contributed by atoms with Crippen LogP contribution in [0.25, 0.3) is 128 Å². The number of carbonyl (C=O) groups excluding carboxylic acids is 12. The van der Waals surface area contributed by atoms with Gasteiger partial charge in [0, 0.05) is 0 Å². The average molecular weight is 2410 g/mol. The summed E-state index contributed by atoms with van der Waals surface area (Å²) < 4.78 is 0. The first kappa shape index (κ1) is 217. The van der Waals surface area contributed by atoms with Crippen molar-refractivity contribution in [2.24, 2.45) is 0 Å². The smallest absolute Gasteiger partial charge is 0.681 e. The van der Waals surface area contributed by atoms with Crippen LogP contribution in [0.4, 0.5) is 0 Å². The molecule has 0 aromatic heterocycles. The SMILES string of the molecule is CCC(C)(C)[N-]C(C)[N-]C.CCC(C)(C)[N-]C(C)[N-]C.CCC(C)[N-]C(C)[N-]C.CCC(C)[N-]C(C)[N-]C.CCC[N-]C(C)[N-]C.CCC[N-]C(C)[N-]C.CC[N-]C(C)[N-]C.CC[N-]C(C)[N-]C.C[N-]C(C)[N-]C(C)(C)C.C[N-]C(C)[N-]C(C)(C)C.C[N-]C(C)[N-]C(C)C.C[N-]C(C)[N-]C(C)C.[CH-]=O.[CH-]=O.[CH-]=O.[CH-]=O.[CH-]=O.[CH-]=O.[CH-]=O.[CH-]=O.[CH-]=O.[CH-]=O.[CH-]=O.[CH-]=O.[Ru+6].[Ru+6].[Ru+6].[Ru+6].[Ru+6].[Ru+6]. The van der Waals surface area contributed by atoms with E-state index >= 15 is 0 Å². The fourth-order valence-electron chi connectivity index (χ4n) is 6.11. The van der Waals surface area contributed by atoms with Gasteiger partial charge in [-0.15, -0.1) is 129 Å². The quantitative estimate of drug-likeness (QED) is 0.0314. The molecule has 0 aliphatic rings. The molecule has 0 radical (unpaired) electrons. The Bertz CT molecular complexity index is 1610. The predicted octanol–water partition coefficient (Wildman–Crippen LogP) is 24.5. The summed E-state index contributed by atoms with van der Waals surface area (Å²) in [4.78, 5) is 93.0. The molecule has 42 heteroatoms. The molecule has 0 amide bonds. The first-order chi connectivity index (χ1) is 58.9. The molecule has 0 aliphatic heterocycles. The standard InChI is InChI=1S/2C8H18N2.4C7H16N2.4C6H14N2.2C5H12N2.12CHO.6Ru/c2*1-6-8(3,4)10-7(2)9-5;2*1-6(8-5)9-7(2,3)4;2*1-5-6(2)9-7(3)8-4;2*1-5(2)8-6(3)7-4;2*1-4-5-8-6(2)7-3;2*1-4-7-5(2)6-3;12*1-2;;;;;;/h2*7H,6H2,1-5H3;2*6H,1-5H3;2*6-7H,5H2,1-4H3;2*5-6H,1-4H3;2*6H,4-5H2,1-3H3;2*5H,4H2,1-3H3;12*1H;;;;;;/q12*-2;12*-1;6*+6. The zero-order chi connectivity index (χ0) is 107. The van der Waals surface area contributed by atoms with Crippen LogP contribution in [-0.4, -0.2) is 313 Å². The third kappa shape index (κ3) is 307. The van der Waals surface area contributed by atoms with Crippen LogP contribution in [0.3, 0.4) is 0 Å². The molecule has 0 bridgehead atoms. The molecule has 0 N–H and O–H groups in total. The van der Waals surface area contributed by atoms with Crippen molar-refractivity contribution in [3.63, 3.8) is 0 Å². The Morgan fingerprint density at radius 2 is 0.348 bits per heavy atom. The minimum atomic E-state index is 0. The summed E-state index contributed by atoms with van der Waals surface area (Å²) in [5.41, 5.74) is 0.301. The van der Waals surface area contributed by atoms with Gasteiger partial charge in [-0.3, -0.25) is 81.5 Å². The Balaban J connectivity index is -0.0000000299. The van der Waals surface area contributed by atoms with Crippen molar-refractivity contribution in [2.45, 2.75) is 408 Å². The summed E-state index contributed by atoms with van der Waals surface area (Å²) in [6.07, 6.45) is 8.73. The summed E-state index contributed by atoms with van der Waals surface area (Å²) >= 11 is 0. The molecule has 792 valence electrons.